The average molecular weight is 315 g/mol. The number of hydrogen-bond donors (Lipinski definition) is 1. The van der Waals surface area contributed by atoms with Gasteiger partial charge in [0.25, 0.3) is 0 Å². The molecule has 0 radical (unpaired) electrons. The van der Waals surface area contributed by atoms with Crippen LogP contribution in [0.5, 0.6) is 0 Å². The lowest BCUT2D eigenvalue weighted by Gasteiger charge is -2.36. The molecule has 3 atom stereocenters. The minimum atomic E-state index is 0.599. The molecule has 0 saturated heterocycles. The molecular formula is C14H26N4S2. The van der Waals surface area contributed by atoms with Gasteiger partial charge in [-0.1, -0.05) is 36.9 Å². The van der Waals surface area contributed by atoms with Crippen molar-refractivity contribution in [1.82, 2.24) is 15.5 Å². The van der Waals surface area contributed by atoms with Gasteiger partial charge >= 0.3 is 0 Å². The quantitative estimate of drug-likeness (QED) is 0.904. The summed E-state index contributed by atoms with van der Waals surface area (Å²) in [4.78, 5) is 2.02. The van der Waals surface area contributed by atoms with Crippen molar-refractivity contribution in [3.8, 4) is 0 Å². The molecule has 20 heavy (non-hydrogen) atoms. The second-order valence-corrected chi connectivity index (χ2v) is 8.56. The summed E-state index contributed by atoms with van der Waals surface area (Å²) in [5.41, 5.74) is 0. The lowest BCUT2D eigenvalue weighted by molar-refractivity contribution is 0.251. The number of thioether (sulfide) groups is 1. The minimum absolute atomic E-state index is 0.599. The smallest absolute Gasteiger partial charge is 0.208 e. The van der Waals surface area contributed by atoms with Crippen LogP contribution in [-0.2, 0) is 0 Å². The van der Waals surface area contributed by atoms with Crippen LogP contribution >= 0.6 is 23.1 Å². The van der Waals surface area contributed by atoms with Crippen LogP contribution in [0.3, 0.4) is 0 Å². The van der Waals surface area contributed by atoms with Crippen LogP contribution in [0.25, 0.3) is 0 Å². The van der Waals surface area contributed by atoms with Gasteiger partial charge in [-0.2, -0.15) is 0 Å². The Kier molecular flexibility index (Phi) is 5.69. The molecule has 1 aromatic heterocycles. The fourth-order valence-electron chi connectivity index (χ4n) is 2.79. The summed E-state index contributed by atoms with van der Waals surface area (Å²) >= 11 is 3.61. The van der Waals surface area contributed by atoms with Crippen molar-refractivity contribution in [1.29, 1.82) is 0 Å². The largest absolute Gasteiger partial charge is 0.353 e. The summed E-state index contributed by atoms with van der Waals surface area (Å²) in [7, 11) is 6.11. The Labute approximate surface area is 130 Å². The first kappa shape index (κ1) is 16.0. The number of hydrogen-bond acceptors (Lipinski definition) is 6. The number of nitrogens with zero attached hydrogens (tertiary/aromatic N) is 3. The molecule has 6 heteroatoms. The van der Waals surface area contributed by atoms with E-state index in [1.165, 1.54) is 19.3 Å². The molecule has 1 N–H and O–H groups in total. The highest BCUT2D eigenvalue weighted by Gasteiger charge is 2.32. The van der Waals surface area contributed by atoms with E-state index in [1.54, 1.807) is 11.3 Å². The summed E-state index contributed by atoms with van der Waals surface area (Å²) in [5.74, 6) is 1.63. The van der Waals surface area contributed by atoms with Gasteiger partial charge in [-0.3, -0.25) is 0 Å². The van der Waals surface area contributed by atoms with E-state index in [2.05, 4.69) is 36.4 Å². The Morgan fingerprint density at radius 2 is 2.05 bits per heavy atom. The van der Waals surface area contributed by atoms with Gasteiger partial charge in [-0.05, 0) is 38.1 Å². The third-order valence-electron chi connectivity index (χ3n) is 4.18. The number of nitrogens with one attached hydrogen (secondary N) is 1. The van der Waals surface area contributed by atoms with Crippen LogP contribution in [0.2, 0.25) is 0 Å². The van der Waals surface area contributed by atoms with Crippen molar-refractivity contribution in [2.75, 3.05) is 26.0 Å². The topological polar surface area (TPSA) is 41.1 Å². The van der Waals surface area contributed by atoms with Crippen molar-refractivity contribution in [2.45, 2.75) is 48.7 Å². The Morgan fingerprint density at radius 1 is 1.30 bits per heavy atom. The second kappa shape index (κ2) is 7.09. The molecule has 1 fully saturated rings. The van der Waals surface area contributed by atoms with Crippen LogP contribution in [0.1, 0.15) is 33.1 Å². The van der Waals surface area contributed by atoms with Crippen molar-refractivity contribution in [3.05, 3.63) is 0 Å². The Bertz CT molecular complexity index is 419. The van der Waals surface area contributed by atoms with Gasteiger partial charge in [0.15, 0.2) is 4.34 Å². The maximum atomic E-state index is 4.33. The zero-order valence-electron chi connectivity index (χ0n) is 13.1. The fourth-order valence-corrected chi connectivity index (χ4v) is 5.20. The van der Waals surface area contributed by atoms with Gasteiger partial charge in [0.05, 0.1) is 0 Å². The van der Waals surface area contributed by atoms with E-state index in [-0.39, 0.29) is 0 Å². The summed E-state index contributed by atoms with van der Waals surface area (Å²) in [6, 6.07) is 0.599. The normalized spacial score (nSPS) is 27.0. The van der Waals surface area contributed by atoms with Crippen LogP contribution in [0.4, 0.5) is 5.13 Å². The number of rotatable bonds is 5. The Morgan fingerprint density at radius 3 is 2.60 bits per heavy atom. The van der Waals surface area contributed by atoms with Gasteiger partial charge < -0.3 is 10.2 Å². The van der Waals surface area contributed by atoms with E-state index >= 15 is 0 Å². The highest BCUT2D eigenvalue weighted by Crippen LogP contribution is 2.40. The van der Waals surface area contributed by atoms with Crippen LogP contribution in [0, 0.1) is 11.8 Å². The zero-order chi connectivity index (χ0) is 14.7. The van der Waals surface area contributed by atoms with Crippen molar-refractivity contribution in [2.24, 2.45) is 11.8 Å². The van der Waals surface area contributed by atoms with Gasteiger partial charge in [0.2, 0.25) is 5.13 Å². The predicted octanol–water partition coefficient (Wildman–Crippen LogP) is 3.11. The molecule has 4 nitrogen and oxygen atoms in total. The molecule has 1 aliphatic carbocycles. The van der Waals surface area contributed by atoms with E-state index in [0.717, 1.165) is 21.3 Å². The lowest BCUT2D eigenvalue weighted by Crippen LogP contribution is -2.41. The molecule has 1 aliphatic rings. The molecular weight excluding hydrogens is 288 g/mol. The minimum Gasteiger partial charge on any atom is -0.353 e. The molecule has 0 amide bonds. The summed E-state index contributed by atoms with van der Waals surface area (Å²) < 4.78 is 1.10. The standard InChI is InChI=1S/C14H26N4S2/c1-9(2)10-6-7-11(15-3)12(8-10)19-14-17-16-13(20-14)18(4)5/h9-12,15H,6-8H2,1-5H3. The monoisotopic (exact) mass is 314 g/mol. The van der Waals surface area contributed by atoms with Gasteiger partial charge in [-0.25, -0.2) is 0 Å². The Hall–Kier alpha value is -0.330. The third-order valence-corrected chi connectivity index (χ3v) is 6.71. The lowest BCUT2D eigenvalue weighted by atomic mass is 9.79. The highest BCUT2D eigenvalue weighted by molar-refractivity contribution is 8.01. The van der Waals surface area contributed by atoms with Gasteiger partial charge in [0, 0.05) is 25.4 Å². The molecule has 2 rings (SSSR count). The van der Waals surface area contributed by atoms with Crippen LogP contribution in [0.15, 0.2) is 4.34 Å². The third kappa shape index (κ3) is 3.86. The first-order chi connectivity index (χ1) is 9.51. The van der Waals surface area contributed by atoms with E-state index in [1.807, 2.05) is 30.8 Å². The SMILES string of the molecule is CNC1CCC(C(C)C)CC1Sc1nnc(N(C)C)s1. The van der Waals surface area contributed by atoms with E-state index in [0.29, 0.717) is 11.3 Å². The summed E-state index contributed by atoms with van der Waals surface area (Å²) in [6.07, 6.45) is 3.90. The fraction of sp³-hybridized carbons (Fsp3) is 0.857. The van der Waals surface area contributed by atoms with Gasteiger partial charge in [0.1, 0.15) is 0 Å². The maximum Gasteiger partial charge on any atom is 0.208 e. The molecule has 0 spiro atoms. The molecule has 1 heterocycles. The van der Waals surface area contributed by atoms with Crippen molar-refractivity contribution < 1.29 is 0 Å². The number of anilines is 1. The highest BCUT2D eigenvalue weighted by atomic mass is 32.2. The van der Waals surface area contributed by atoms with Crippen LogP contribution in [-0.4, -0.2) is 42.6 Å². The maximum absolute atomic E-state index is 4.33. The van der Waals surface area contributed by atoms with Crippen LogP contribution < -0.4 is 10.2 Å². The second-order valence-electron chi connectivity index (χ2n) is 6.11. The Balaban J connectivity index is 2.03. The zero-order valence-corrected chi connectivity index (χ0v) is 14.7. The summed E-state index contributed by atoms with van der Waals surface area (Å²) in [5, 5.41) is 13.7. The average Bonchev–Trinajstić information content (AvgIpc) is 2.87. The molecule has 0 bridgehead atoms. The van der Waals surface area contributed by atoms with Gasteiger partial charge in [-0.15, -0.1) is 10.2 Å². The van der Waals surface area contributed by atoms with E-state index < -0.39 is 0 Å². The van der Waals surface area contributed by atoms with Crippen molar-refractivity contribution in [3.63, 3.8) is 0 Å². The molecule has 0 aromatic carbocycles. The molecule has 0 aliphatic heterocycles. The first-order valence-corrected chi connectivity index (χ1v) is 9.05. The predicted molar refractivity (Wildman–Crippen MR) is 88.9 cm³/mol. The summed E-state index contributed by atoms with van der Waals surface area (Å²) in [6.45, 7) is 4.70. The van der Waals surface area contributed by atoms with E-state index in [9.17, 15) is 0 Å². The molecule has 1 saturated carbocycles. The number of aromatic nitrogens is 2. The first-order valence-electron chi connectivity index (χ1n) is 7.36. The molecule has 114 valence electrons. The van der Waals surface area contributed by atoms with E-state index in [4.69, 9.17) is 0 Å². The van der Waals surface area contributed by atoms with Crippen molar-refractivity contribution >= 4 is 28.2 Å². The molecule has 3 unspecified atom stereocenters. The molecule has 1 aromatic rings.